The summed E-state index contributed by atoms with van der Waals surface area (Å²) < 4.78 is 73.0. The second kappa shape index (κ2) is 6.76. The third-order valence-corrected chi connectivity index (χ3v) is 8.13. The maximum atomic E-state index is 13.4. The predicted molar refractivity (Wildman–Crippen MR) is 105 cm³/mol. The number of nitrogens with one attached hydrogen (secondary N) is 1. The van der Waals surface area contributed by atoms with Gasteiger partial charge in [-0.25, -0.2) is 18.0 Å². The number of benzene rings is 1. The minimum atomic E-state index is -4.85. The van der Waals surface area contributed by atoms with Crippen LogP contribution >= 0.6 is 0 Å². The lowest BCUT2D eigenvalue weighted by molar-refractivity contribution is -0.138. The highest BCUT2D eigenvalue weighted by molar-refractivity contribution is 7.89. The zero-order valence-corrected chi connectivity index (χ0v) is 18.2. The third-order valence-electron chi connectivity index (χ3n) is 6.73. The van der Waals surface area contributed by atoms with E-state index < -0.39 is 68.2 Å². The molecule has 1 aromatic carbocycles. The van der Waals surface area contributed by atoms with E-state index in [0.29, 0.717) is 11.0 Å². The van der Waals surface area contributed by atoms with E-state index in [9.17, 15) is 31.2 Å². The highest BCUT2D eigenvalue weighted by Gasteiger charge is 2.76. The van der Waals surface area contributed by atoms with Gasteiger partial charge < -0.3 is 4.74 Å². The smallest absolute Gasteiger partial charge is 0.366 e. The Balaban J connectivity index is 1.76. The van der Waals surface area contributed by atoms with Crippen molar-refractivity contribution < 1.29 is 35.9 Å². The number of sulfonamides is 1. The van der Waals surface area contributed by atoms with Crippen molar-refractivity contribution in [2.45, 2.75) is 50.6 Å². The molecule has 172 valence electrons. The van der Waals surface area contributed by atoms with Crippen molar-refractivity contribution in [3.8, 4) is 6.07 Å². The van der Waals surface area contributed by atoms with Gasteiger partial charge in [-0.2, -0.15) is 18.4 Å². The molecule has 1 N–H and O–H groups in total. The Morgan fingerprint density at radius 3 is 2.44 bits per heavy atom. The Morgan fingerprint density at radius 1 is 1.25 bits per heavy atom. The molecule has 2 amide bonds. The first-order valence-corrected chi connectivity index (χ1v) is 11.5. The van der Waals surface area contributed by atoms with E-state index in [4.69, 9.17) is 10.00 Å². The highest BCUT2D eigenvalue weighted by Crippen LogP contribution is 2.61. The molecule has 0 saturated carbocycles. The number of carbonyl (C=O) groups excluding carboxylic acids is 2. The van der Waals surface area contributed by atoms with Crippen molar-refractivity contribution in [3.63, 3.8) is 0 Å². The van der Waals surface area contributed by atoms with Gasteiger partial charge in [0.2, 0.25) is 21.8 Å². The lowest BCUT2D eigenvalue weighted by Gasteiger charge is -2.35. The molecule has 2 bridgehead atoms. The van der Waals surface area contributed by atoms with Gasteiger partial charge in [-0.1, -0.05) is 0 Å². The number of fused-ring (bicyclic) bond motifs is 5. The summed E-state index contributed by atoms with van der Waals surface area (Å²) in [5.74, 6) is -3.68. The number of imide groups is 1. The second-order valence-electron chi connectivity index (χ2n) is 8.68. The van der Waals surface area contributed by atoms with Gasteiger partial charge in [0, 0.05) is 0 Å². The first-order chi connectivity index (χ1) is 14.7. The minimum Gasteiger partial charge on any atom is -0.366 e. The van der Waals surface area contributed by atoms with Crippen LogP contribution in [0.4, 0.5) is 18.9 Å². The maximum absolute atomic E-state index is 13.4. The van der Waals surface area contributed by atoms with Crippen LogP contribution in [0, 0.1) is 23.2 Å². The number of carbonyl (C=O) groups is 2. The predicted octanol–water partition coefficient (Wildman–Crippen LogP) is 1.94. The largest absolute Gasteiger partial charge is 0.417 e. The Morgan fingerprint density at radius 2 is 1.88 bits per heavy atom. The summed E-state index contributed by atoms with van der Waals surface area (Å²) in [5, 5.41) is 8.99. The molecule has 3 heterocycles. The van der Waals surface area contributed by atoms with Crippen LogP contribution in [0.15, 0.2) is 18.2 Å². The van der Waals surface area contributed by atoms with Crippen LogP contribution in [0.2, 0.25) is 0 Å². The van der Waals surface area contributed by atoms with Gasteiger partial charge in [-0.3, -0.25) is 9.59 Å². The Bertz CT molecular complexity index is 1180. The van der Waals surface area contributed by atoms with Crippen molar-refractivity contribution in [1.29, 1.82) is 5.26 Å². The van der Waals surface area contributed by atoms with Gasteiger partial charge in [0.05, 0.1) is 57.7 Å². The average Bonchev–Trinajstić information content (AvgIpc) is 3.21. The van der Waals surface area contributed by atoms with Crippen molar-refractivity contribution in [2.75, 3.05) is 10.7 Å². The summed E-state index contributed by atoms with van der Waals surface area (Å²) >= 11 is 0. The number of nitriles is 1. The van der Waals surface area contributed by atoms with Gasteiger partial charge in [-0.15, -0.1) is 0 Å². The van der Waals surface area contributed by atoms with Crippen LogP contribution in [0.3, 0.4) is 0 Å². The first-order valence-electron chi connectivity index (χ1n) is 9.88. The van der Waals surface area contributed by atoms with Crippen molar-refractivity contribution in [1.82, 2.24) is 4.72 Å². The van der Waals surface area contributed by atoms with Gasteiger partial charge in [0.25, 0.3) is 0 Å². The van der Waals surface area contributed by atoms with Crippen molar-refractivity contribution in [3.05, 3.63) is 29.3 Å². The molecule has 0 aliphatic carbocycles. The maximum Gasteiger partial charge on any atom is 0.417 e. The molecule has 4 rings (SSSR count). The molecule has 0 spiro atoms. The Labute approximate surface area is 182 Å². The monoisotopic (exact) mass is 471 g/mol. The van der Waals surface area contributed by atoms with Crippen LogP contribution < -0.4 is 9.62 Å². The van der Waals surface area contributed by atoms with Crippen molar-refractivity contribution >= 4 is 27.5 Å². The average molecular weight is 471 g/mol. The fourth-order valence-electron chi connectivity index (χ4n) is 5.27. The molecule has 3 fully saturated rings. The third kappa shape index (κ3) is 3.06. The normalized spacial score (nSPS) is 34.2. The molecular weight excluding hydrogens is 451 g/mol. The number of nitrogens with zero attached hydrogens (tertiary/aromatic N) is 2. The summed E-state index contributed by atoms with van der Waals surface area (Å²) in [4.78, 5) is 27.3. The minimum absolute atomic E-state index is 0.137. The van der Waals surface area contributed by atoms with E-state index in [1.165, 1.54) is 13.0 Å². The van der Waals surface area contributed by atoms with Crippen molar-refractivity contribution in [2.24, 2.45) is 11.8 Å². The zero-order chi connectivity index (χ0) is 23.9. The molecule has 2 unspecified atom stereocenters. The molecule has 0 radical (unpaired) electrons. The number of hydrogen-bond donors (Lipinski definition) is 1. The molecule has 8 nitrogen and oxygen atoms in total. The van der Waals surface area contributed by atoms with Crippen LogP contribution in [0.1, 0.15) is 38.3 Å². The molecule has 3 aliphatic rings. The summed E-state index contributed by atoms with van der Waals surface area (Å²) in [6.45, 7) is 4.60. The van der Waals surface area contributed by atoms with E-state index in [1.54, 1.807) is 13.8 Å². The molecule has 12 heteroatoms. The van der Waals surface area contributed by atoms with E-state index >= 15 is 0 Å². The van der Waals surface area contributed by atoms with Gasteiger partial charge in [-0.05, 0) is 45.4 Å². The lowest BCUT2D eigenvalue weighted by atomic mass is 9.67. The zero-order valence-electron chi connectivity index (χ0n) is 17.4. The fraction of sp³-hybridized carbons (Fsp3) is 0.550. The fourth-order valence-corrected chi connectivity index (χ4v) is 6.19. The SMILES string of the molecule is CCS(=O)(=O)N[C@@H]1CC2(C)OC1(C)[C@@H]1C(=O)N(c3ccc(C#N)c(C(F)(F)F)c3)C(=O)[C@@H]12. The topological polar surface area (TPSA) is 117 Å². The van der Waals surface area contributed by atoms with Crippen LogP contribution in [0.5, 0.6) is 0 Å². The highest BCUT2D eigenvalue weighted by atomic mass is 32.2. The Kier molecular flexibility index (Phi) is 4.79. The van der Waals surface area contributed by atoms with E-state index in [2.05, 4.69) is 4.72 Å². The number of hydrogen-bond acceptors (Lipinski definition) is 6. The second-order valence-corrected chi connectivity index (χ2v) is 10.7. The van der Waals surface area contributed by atoms with E-state index in [1.807, 2.05) is 0 Å². The van der Waals surface area contributed by atoms with Gasteiger partial charge in [0.1, 0.15) is 0 Å². The molecular formula is C20H20F3N3O5S. The summed E-state index contributed by atoms with van der Waals surface area (Å²) in [5.41, 5.74) is -4.68. The van der Waals surface area contributed by atoms with Gasteiger partial charge >= 0.3 is 6.18 Å². The summed E-state index contributed by atoms with van der Waals surface area (Å²) in [6.07, 6.45) is -4.72. The quantitative estimate of drug-likeness (QED) is 0.671. The summed E-state index contributed by atoms with van der Waals surface area (Å²) in [7, 11) is -3.64. The van der Waals surface area contributed by atoms with E-state index in [-0.39, 0.29) is 17.9 Å². The van der Waals surface area contributed by atoms with Crippen LogP contribution in [0.25, 0.3) is 0 Å². The summed E-state index contributed by atoms with van der Waals surface area (Å²) in [6, 6.07) is 3.33. The number of alkyl halides is 3. The molecule has 0 aromatic heterocycles. The van der Waals surface area contributed by atoms with E-state index in [0.717, 1.165) is 12.1 Å². The number of rotatable bonds is 4. The molecule has 32 heavy (non-hydrogen) atoms. The number of halogens is 3. The van der Waals surface area contributed by atoms with Crippen LogP contribution in [-0.4, -0.2) is 43.2 Å². The number of anilines is 1. The Hall–Kier alpha value is -2.49. The number of ether oxygens (including phenoxy) is 1. The molecule has 1 aromatic rings. The standard InChI is InChI=1S/C20H20F3N3O5S/c1-4-32(29,30)25-13-8-18(2)14-15(19(13,3)31-18)17(28)26(16(14)27)11-6-5-10(9-24)12(7-11)20(21,22)23/h5-7,13-15,25H,4,8H2,1-3H3/t13-,14-,15+,18?,19?/m1/s1. The first kappa shape index (κ1) is 22.7. The molecule has 3 aliphatic heterocycles. The number of amides is 2. The lowest BCUT2D eigenvalue weighted by Crippen LogP contribution is -2.56. The molecule has 5 atom stereocenters. The van der Waals surface area contributed by atoms with Crippen LogP contribution in [-0.2, 0) is 30.5 Å². The van der Waals surface area contributed by atoms with Gasteiger partial charge in [0.15, 0.2) is 0 Å². The molecule has 3 saturated heterocycles.